The summed E-state index contributed by atoms with van der Waals surface area (Å²) in [7, 11) is 0. The van der Waals surface area contributed by atoms with Gasteiger partial charge in [-0.15, -0.1) is 0 Å². The molecule has 0 bridgehead atoms. The van der Waals surface area contributed by atoms with Crippen molar-refractivity contribution >= 4 is 34.2 Å². The maximum atomic E-state index is 13.0. The first-order valence-electron chi connectivity index (χ1n) is 8.73. The molecule has 0 unspecified atom stereocenters. The van der Waals surface area contributed by atoms with Gasteiger partial charge in [-0.25, -0.2) is 0 Å². The van der Waals surface area contributed by atoms with Crippen molar-refractivity contribution in [1.29, 1.82) is 0 Å². The molecule has 0 aliphatic carbocycles. The van der Waals surface area contributed by atoms with Gasteiger partial charge in [-0.2, -0.15) is 13.2 Å². The molecule has 3 nitrogen and oxygen atoms in total. The van der Waals surface area contributed by atoms with Crippen LogP contribution in [0.2, 0.25) is 5.02 Å². The lowest BCUT2D eigenvalue weighted by Crippen LogP contribution is -2.15. The number of aryl methyl sites for hydroxylation is 1. The fourth-order valence-electron chi connectivity index (χ4n) is 3.20. The third-order valence-electron chi connectivity index (χ3n) is 4.57. The van der Waals surface area contributed by atoms with Crippen molar-refractivity contribution < 1.29 is 22.4 Å². The zero-order valence-corrected chi connectivity index (χ0v) is 16.3. The van der Waals surface area contributed by atoms with Crippen molar-refractivity contribution in [3.63, 3.8) is 0 Å². The monoisotopic (exact) mass is 409 g/mol. The first-order valence-corrected chi connectivity index (χ1v) is 9.11. The van der Waals surface area contributed by atoms with Gasteiger partial charge in [-0.1, -0.05) is 25.4 Å². The van der Waals surface area contributed by atoms with Crippen LogP contribution >= 0.6 is 11.6 Å². The minimum absolute atomic E-state index is 0.0163. The van der Waals surface area contributed by atoms with E-state index in [2.05, 4.69) is 19.2 Å². The number of hydrogen-bond donors (Lipinski definition) is 1. The fourth-order valence-corrected chi connectivity index (χ4v) is 3.43. The normalized spacial score (nSPS) is 12.0. The summed E-state index contributed by atoms with van der Waals surface area (Å²) < 4.78 is 44.5. The van der Waals surface area contributed by atoms with E-state index >= 15 is 0 Å². The second-order valence-electron chi connectivity index (χ2n) is 7.04. The smallest absolute Gasteiger partial charge is 0.417 e. The molecule has 3 aromatic rings. The van der Waals surface area contributed by atoms with Gasteiger partial charge in [0.1, 0.15) is 5.58 Å². The number of carbonyl (C=O) groups is 1. The van der Waals surface area contributed by atoms with Gasteiger partial charge < -0.3 is 9.73 Å². The number of hydrogen-bond acceptors (Lipinski definition) is 2. The maximum absolute atomic E-state index is 13.0. The zero-order valence-electron chi connectivity index (χ0n) is 15.6. The van der Waals surface area contributed by atoms with Gasteiger partial charge in [0.2, 0.25) is 5.91 Å². The molecule has 28 heavy (non-hydrogen) atoms. The Kier molecular flexibility index (Phi) is 5.44. The van der Waals surface area contributed by atoms with Gasteiger partial charge >= 0.3 is 6.18 Å². The Balaban J connectivity index is 1.83. The lowest BCUT2D eigenvalue weighted by Gasteiger charge is -2.12. The van der Waals surface area contributed by atoms with Crippen molar-refractivity contribution in [3.05, 3.63) is 63.9 Å². The lowest BCUT2D eigenvalue weighted by molar-refractivity contribution is -0.137. The Morgan fingerprint density at radius 3 is 2.57 bits per heavy atom. The first-order chi connectivity index (χ1) is 13.1. The van der Waals surface area contributed by atoms with Gasteiger partial charge in [-0.3, -0.25) is 4.79 Å². The predicted octanol–water partition coefficient (Wildman–Crippen LogP) is 6.72. The molecule has 1 N–H and O–H groups in total. The van der Waals surface area contributed by atoms with E-state index in [-0.39, 0.29) is 12.1 Å². The molecule has 1 aromatic heterocycles. The summed E-state index contributed by atoms with van der Waals surface area (Å²) in [6, 6.07) is 7.22. The third kappa shape index (κ3) is 4.17. The van der Waals surface area contributed by atoms with Crippen LogP contribution in [0.4, 0.5) is 18.9 Å². The standard InChI is InChI=1S/C21H19ClF3NO2/c1-11(2)15-9-16-13(10-28-19(16)6-12(15)3)7-20(27)26-14-4-5-18(22)17(8-14)21(23,24)25/h4-6,8-11H,7H2,1-3H3,(H,26,27). The SMILES string of the molecule is Cc1cc2occ(CC(=O)Nc3ccc(Cl)c(C(F)(F)F)c3)c2cc1C(C)C. The Hall–Kier alpha value is -2.47. The Morgan fingerprint density at radius 1 is 1.21 bits per heavy atom. The van der Waals surface area contributed by atoms with E-state index in [9.17, 15) is 18.0 Å². The molecule has 1 heterocycles. The average molecular weight is 410 g/mol. The minimum Gasteiger partial charge on any atom is -0.464 e. The van der Waals surface area contributed by atoms with Crippen LogP contribution in [-0.4, -0.2) is 5.91 Å². The van der Waals surface area contributed by atoms with Crippen LogP contribution in [-0.2, 0) is 17.4 Å². The van der Waals surface area contributed by atoms with Crippen LogP contribution in [0.5, 0.6) is 0 Å². The summed E-state index contributed by atoms with van der Waals surface area (Å²) in [5.74, 6) is -0.124. The quantitative estimate of drug-likeness (QED) is 0.519. The molecule has 0 fully saturated rings. The molecule has 148 valence electrons. The molecular weight excluding hydrogens is 391 g/mol. The molecule has 0 saturated heterocycles. The molecule has 7 heteroatoms. The Bertz CT molecular complexity index is 1040. The molecule has 3 rings (SSSR count). The summed E-state index contributed by atoms with van der Waals surface area (Å²) in [5.41, 5.74) is 2.66. The molecule has 2 aromatic carbocycles. The minimum atomic E-state index is -4.59. The Morgan fingerprint density at radius 2 is 1.93 bits per heavy atom. The average Bonchev–Trinajstić information content (AvgIpc) is 2.96. The second-order valence-corrected chi connectivity index (χ2v) is 7.45. The summed E-state index contributed by atoms with van der Waals surface area (Å²) in [6.07, 6.45) is -3.10. The highest BCUT2D eigenvalue weighted by molar-refractivity contribution is 6.31. The maximum Gasteiger partial charge on any atom is 0.417 e. The highest BCUT2D eigenvalue weighted by atomic mass is 35.5. The van der Waals surface area contributed by atoms with Crippen LogP contribution in [0.3, 0.4) is 0 Å². The van der Waals surface area contributed by atoms with E-state index in [0.717, 1.165) is 28.6 Å². The van der Waals surface area contributed by atoms with Crippen LogP contribution in [0, 0.1) is 6.92 Å². The number of halogens is 4. The Labute approximate surface area is 165 Å². The molecule has 0 aliphatic rings. The topological polar surface area (TPSA) is 42.2 Å². The number of amides is 1. The van der Waals surface area contributed by atoms with Gasteiger partial charge in [0, 0.05) is 16.6 Å². The van der Waals surface area contributed by atoms with Crippen LogP contribution in [0.15, 0.2) is 41.0 Å². The molecule has 0 radical (unpaired) electrons. The van der Waals surface area contributed by atoms with Crippen molar-refractivity contribution in [2.75, 3.05) is 5.32 Å². The first kappa shape index (κ1) is 20.3. The number of benzene rings is 2. The summed E-state index contributed by atoms with van der Waals surface area (Å²) in [5, 5.41) is 2.91. The van der Waals surface area contributed by atoms with Gasteiger partial charge in [0.15, 0.2) is 0 Å². The number of alkyl halides is 3. The summed E-state index contributed by atoms with van der Waals surface area (Å²) in [6.45, 7) is 6.17. The lowest BCUT2D eigenvalue weighted by atomic mass is 9.95. The zero-order chi connectivity index (χ0) is 20.6. The van der Waals surface area contributed by atoms with Crippen molar-refractivity contribution in [1.82, 2.24) is 0 Å². The predicted molar refractivity (Wildman–Crippen MR) is 104 cm³/mol. The highest BCUT2D eigenvalue weighted by Crippen LogP contribution is 2.36. The molecular formula is C21H19ClF3NO2. The van der Waals surface area contributed by atoms with Gasteiger partial charge in [0.25, 0.3) is 0 Å². The van der Waals surface area contributed by atoms with E-state index in [1.54, 1.807) is 0 Å². The van der Waals surface area contributed by atoms with Crippen molar-refractivity contribution in [3.8, 4) is 0 Å². The van der Waals surface area contributed by atoms with Crippen molar-refractivity contribution in [2.45, 2.75) is 39.3 Å². The van der Waals surface area contributed by atoms with E-state index in [0.29, 0.717) is 17.1 Å². The molecule has 0 spiro atoms. The van der Waals surface area contributed by atoms with E-state index in [1.165, 1.54) is 12.3 Å². The molecule has 0 aliphatic heterocycles. The molecule has 0 atom stereocenters. The number of rotatable bonds is 4. The van der Waals surface area contributed by atoms with Crippen LogP contribution in [0.1, 0.15) is 42.0 Å². The van der Waals surface area contributed by atoms with E-state index < -0.39 is 22.7 Å². The van der Waals surface area contributed by atoms with Gasteiger partial charge in [0.05, 0.1) is 23.3 Å². The van der Waals surface area contributed by atoms with Crippen LogP contribution in [0.25, 0.3) is 11.0 Å². The number of nitrogens with one attached hydrogen (secondary N) is 1. The van der Waals surface area contributed by atoms with E-state index in [1.807, 2.05) is 19.1 Å². The van der Waals surface area contributed by atoms with Gasteiger partial charge in [-0.05, 0) is 54.3 Å². The van der Waals surface area contributed by atoms with Crippen LogP contribution < -0.4 is 5.32 Å². The number of fused-ring (bicyclic) bond motifs is 1. The fraction of sp³-hybridized carbons (Fsp3) is 0.286. The highest BCUT2D eigenvalue weighted by Gasteiger charge is 2.33. The largest absolute Gasteiger partial charge is 0.464 e. The third-order valence-corrected chi connectivity index (χ3v) is 4.90. The van der Waals surface area contributed by atoms with E-state index in [4.69, 9.17) is 16.0 Å². The summed E-state index contributed by atoms with van der Waals surface area (Å²) in [4.78, 5) is 12.4. The number of carbonyl (C=O) groups excluding carboxylic acids is 1. The second kappa shape index (κ2) is 7.51. The van der Waals surface area contributed by atoms with Crippen molar-refractivity contribution in [2.24, 2.45) is 0 Å². The molecule has 0 saturated carbocycles. The number of furan rings is 1. The molecule has 1 amide bonds. The number of anilines is 1. The summed E-state index contributed by atoms with van der Waals surface area (Å²) >= 11 is 5.61.